The van der Waals surface area contributed by atoms with Gasteiger partial charge < -0.3 is 0 Å². The fourth-order valence-corrected chi connectivity index (χ4v) is 2.51. The van der Waals surface area contributed by atoms with E-state index in [0.29, 0.717) is 0 Å². The van der Waals surface area contributed by atoms with E-state index in [1.54, 1.807) is 11.8 Å². The number of hydrogen-bond acceptors (Lipinski definition) is 4. The van der Waals surface area contributed by atoms with Crippen LogP contribution in [-0.2, 0) is 12.8 Å². The molecular weight excluding hydrogens is 266 g/mol. The van der Waals surface area contributed by atoms with E-state index < -0.39 is 0 Å². The van der Waals surface area contributed by atoms with Crippen molar-refractivity contribution in [1.29, 1.82) is 0 Å². The Hall–Kier alpha value is -1.36. The van der Waals surface area contributed by atoms with Gasteiger partial charge in [0.2, 0.25) is 0 Å². The van der Waals surface area contributed by atoms with Crippen LogP contribution in [-0.4, -0.2) is 11.2 Å². The maximum Gasteiger partial charge on any atom is 0.0515 e. The van der Waals surface area contributed by atoms with Crippen molar-refractivity contribution in [3.8, 4) is 0 Å². The monoisotopic (exact) mass is 287 g/mol. The van der Waals surface area contributed by atoms with E-state index in [0.717, 1.165) is 18.5 Å². The van der Waals surface area contributed by atoms with E-state index in [1.807, 2.05) is 6.20 Å². The molecule has 3 nitrogen and oxygen atoms in total. The first kappa shape index (κ1) is 15.0. The summed E-state index contributed by atoms with van der Waals surface area (Å²) in [6.45, 7) is 2.13. The number of hydrazine groups is 1. The summed E-state index contributed by atoms with van der Waals surface area (Å²) < 4.78 is 0. The Kier molecular flexibility index (Phi) is 5.59. The third-order valence-corrected chi connectivity index (χ3v) is 4.17. The number of rotatable bonds is 6. The SMILES string of the molecule is CCc1ccc(CC(NN)c2ccc(SC)cc2)nc1. The van der Waals surface area contributed by atoms with Crippen molar-refractivity contribution in [2.24, 2.45) is 5.84 Å². The summed E-state index contributed by atoms with van der Waals surface area (Å²) in [5, 5.41) is 0. The fourth-order valence-electron chi connectivity index (χ4n) is 2.10. The number of nitrogens with one attached hydrogen (secondary N) is 1. The minimum absolute atomic E-state index is 0.0888. The number of pyridine rings is 1. The zero-order valence-corrected chi connectivity index (χ0v) is 12.8. The van der Waals surface area contributed by atoms with Crippen molar-refractivity contribution in [2.45, 2.75) is 30.7 Å². The van der Waals surface area contributed by atoms with E-state index in [4.69, 9.17) is 5.84 Å². The number of aromatic nitrogens is 1. The number of benzene rings is 1. The van der Waals surface area contributed by atoms with Gasteiger partial charge in [-0.15, -0.1) is 11.8 Å². The number of nitrogens with two attached hydrogens (primary N) is 1. The van der Waals surface area contributed by atoms with Gasteiger partial charge in [0.25, 0.3) is 0 Å². The fraction of sp³-hybridized carbons (Fsp3) is 0.312. The molecule has 2 aromatic rings. The van der Waals surface area contributed by atoms with Crippen LogP contribution in [0.4, 0.5) is 0 Å². The molecule has 0 radical (unpaired) electrons. The second-order valence-corrected chi connectivity index (χ2v) is 5.59. The highest BCUT2D eigenvalue weighted by Gasteiger charge is 2.11. The molecule has 1 aromatic heterocycles. The summed E-state index contributed by atoms with van der Waals surface area (Å²) in [4.78, 5) is 5.76. The molecule has 0 spiro atoms. The predicted molar refractivity (Wildman–Crippen MR) is 85.6 cm³/mol. The average Bonchev–Trinajstić information content (AvgIpc) is 2.53. The zero-order chi connectivity index (χ0) is 14.4. The Morgan fingerprint density at radius 2 is 1.95 bits per heavy atom. The molecule has 4 heteroatoms. The van der Waals surface area contributed by atoms with Gasteiger partial charge in [-0.05, 0) is 42.0 Å². The van der Waals surface area contributed by atoms with Crippen LogP contribution < -0.4 is 11.3 Å². The first-order valence-electron chi connectivity index (χ1n) is 6.80. The minimum atomic E-state index is 0.0888. The van der Waals surface area contributed by atoms with Crippen LogP contribution in [0.3, 0.4) is 0 Å². The van der Waals surface area contributed by atoms with E-state index in [2.05, 4.69) is 60.0 Å². The summed E-state index contributed by atoms with van der Waals surface area (Å²) >= 11 is 1.74. The first-order valence-corrected chi connectivity index (χ1v) is 8.03. The Bertz CT molecular complexity index is 522. The van der Waals surface area contributed by atoms with Crippen molar-refractivity contribution in [3.05, 3.63) is 59.4 Å². The van der Waals surface area contributed by atoms with E-state index in [-0.39, 0.29) is 6.04 Å². The normalized spacial score (nSPS) is 12.3. The number of hydrogen-bond donors (Lipinski definition) is 2. The van der Waals surface area contributed by atoms with Crippen LogP contribution >= 0.6 is 11.8 Å². The maximum absolute atomic E-state index is 5.70. The molecule has 0 aliphatic heterocycles. The summed E-state index contributed by atoms with van der Waals surface area (Å²) in [7, 11) is 0. The maximum atomic E-state index is 5.70. The lowest BCUT2D eigenvalue weighted by Crippen LogP contribution is -2.29. The number of thioether (sulfide) groups is 1. The number of aryl methyl sites for hydroxylation is 1. The van der Waals surface area contributed by atoms with E-state index >= 15 is 0 Å². The standard InChI is InChI=1S/C16H21N3S/c1-3-12-4-7-14(18-11-12)10-16(19-17)13-5-8-15(20-2)9-6-13/h4-9,11,16,19H,3,10,17H2,1-2H3. The molecule has 1 heterocycles. The quantitative estimate of drug-likeness (QED) is 0.487. The van der Waals surface area contributed by atoms with Gasteiger partial charge >= 0.3 is 0 Å². The molecule has 0 aliphatic carbocycles. The van der Waals surface area contributed by atoms with Crippen LogP contribution in [0, 0.1) is 0 Å². The van der Waals surface area contributed by atoms with Crippen molar-refractivity contribution in [1.82, 2.24) is 10.4 Å². The molecule has 0 amide bonds. The molecule has 0 saturated carbocycles. The van der Waals surface area contributed by atoms with E-state index in [1.165, 1.54) is 16.0 Å². The molecule has 0 fully saturated rings. The predicted octanol–water partition coefficient (Wildman–Crippen LogP) is 3.11. The molecule has 20 heavy (non-hydrogen) atoms. The molecule has 0 saturated heterocycles. The summed E-state index contributed by atoms with van der Waals surface area (Å²) in [6, 6.07) is 12.8. The van der Waals surface area contributed by atoms with Crippen molar-refractivity contribution < 1.29 is 0 Å². The lowest BCUT2D eigenvalue weighted by Gasteiger charge is -2.16. The second-order valence-electron chi connectivity index (χ2n) is 4.71. The summed E-state index contributed by atoms with van der Waals surface area (Å²) in [6.07, 6.45) is 5.83. The highest BCUT2D eigenvalue weighted by molar-refractivity contribution is 7.98. The zero-order valence-electron chi connectivity index (χ0n) is 12.0. The van der Waals surface area contributed by atoms with Crippen molar-refractivity contribution in [2.75, 3.05) is 6.26 Å². The highest BCUT2D eigenvalue weighted by Crippen LogP contribution is 2.21. The van der Waals surface area contributed by atoms with Gasteiger partial charge in [0.1, 0.15) is 0 Å². The van der Waals surface area contributed by atoms with Crippen LogP contribution in [0.25, 0.3) is 0 Å². The topological polar surface area (TPSA) is 50.9 Å². The molecule has 1 unspecified atom stereocenters. The van der Waals surface area contributed by atoms with Crippen LogP contribution in [0.15, 0.2) is 47.5 Å². The first-order chi connectivity index (χ1) is 9.76. The molecule has 0 aliphatic rings. The van der Waals surface area contributed by atoms with Crippen molar-refractivity contribution >= 4 is 11.8 Å². The Balaban J connectivity index is 2.10. The Morgan fingerprint density at radius 1 is 1.20 bits per heavy atom. The van der Waals surface area contributed by atoms with Crippen LogP contribution in [0.5, 0.6) is 0 Å². The Labute approximate surface area is 125 Å². The van der Waals surface area contributed by atoms with Gasteiger partial charge in [-0.3, -0.25) is 16.3 Å². The smallest absolute Gasteiger partial charge is 0.0515 e. The summed E-state index contributed by atoms with van der Waals surface area (Å²) in [5.41, 5.74) is 6.39. The molecule has 106 valence electrons. The third kappa shape index (κ3) is 3.82. The van der Waals surface area contributed by atoms with Gasteiger partial charge in [0.05, 0.1) is 6.04 Å². The van der Waals surface area contributed by atoms with Gasteiger partial charge in [-0.1, -0.05) is 25.1 Å². The molecule has 1 atom stereocenters. The second kappa shape index (κ2) is 7.43. The molecule has 3 N–H and O–H groups in total. The van der Waals surface area contributed by atoms with Gasteiger partial charge in [0.15, 0.2) is 0 Å². The summed E-state index contributed by atoms with van der Waals surface area (Å²) in [5.74, 6) is 5.70. The molecule has 2 rings (SSSR count). The van der Waals surface area contributed by atoms with Crippen LogP contribution in [0.2, 0.25) is 0 Å². The largest absolute Gasteiger partial charge is 0.271 e. The minimum Gasteiger partial charge on any atom is -0.271 e. The van der Waals surface area contributed by atoms with Gasteiger partial charge in [0, 0.05) is 23.2 Å². The van der Waals surface area contributed by atoms with Gasteiger partial charge in [-0.2, -0.15) is 0 Å². The lowest BCUT2D eigenvalue weighted by atomic mass is 10.0. The average molecular weight is 287 g/mol. The molecule has 1 aromatic carbocycles. The Morgan fingerprint density at radius 3 is 2.45 bits per heavy atom. The van der Waals surface area contributed by atoms with Crippen molar-refractivity contribution in [3.63, 3.8) is 0 Å². The highest BCUT2D eigenvalue weighted by atomic mass is 32.2. The van der Waals surface area contributed by atoms with E-state index in [9.17, 15) is 0 Å². The number of nitrogens with zero attached hydrogens (tertiary/aromatic N) is 1. The molecular formula is C16H21N3S. The molecule has 0 bridgehead atoms. The lowest BCUT2D eigenvalue weighted by molar-refractivity contribution is 0.545. The third-order valence-electron chi connectivity index (χ3n) is 3.43. The van der Waals surface area contributed by atoms with Gasteiger partial charge in [-0.25, -0.2) is 0 Å². The van der Waals surface area contributed by atoms with Crippen LogP contribution in [0.1, 0.15) is 29.8 Å².